The molecule has 2 unspecified atom stereocenters. The highest BCUT2D eigenvalue weighted by atomic mass is 31.1. The molecule has 42 heavy (non-hydrogen) atoms. The highest BCUT2D eigenvalue weighted by molar-refractivity contribution is 7.59. The number of rotatable bonds is 9. The second kappa shape index (κ2) is 16.2. The Morgan fingerprint density at radius 2 is 1.74 bits per heavy atom. The SMILES string of the molecule is C=CCC1(C(=O)O)CCN(Cc2ccc(C3=NOC(c4ccc(CC(C)C)c(O)c4)P3)cc2)CC1.CC.CC(C)(C)C. The second-order valence-corrected chi connectivity index (χ2v) is 14.4. The molecular weight excluding hydrogens is 543 g/mol. The summed E-state index contributed by atoms with van der Waals surface area (Å²) in [7, 11) is 0.370. The topological polar surface area (TPSA) is 82.4 Å². The van der Waals surface area contributed by atoms with Crippen molar-refractivity contribution in [2.75, 3.05) is 13.1 Å². The van der Waals surface area contributed by atoms with Gasteiger partial charge in [0.15, 0.2) is 5.85 Å². The number of hydrogen-bond donors (Lipinski definition) is 2. The van der Waals surface area contributed by atoms with Gasteiger partial charge < -0.3 is 15.1 Å². The van der Waals surface area contributed by atoms with Crippen molar-refractivity contribution in [3.63, 3.8) is 0 Å². The van der Waals surface area contributed by atoms with E-state index in [-0.39, 0.29) is 5.85 Å². The van der Waals surface area contributed by atoms with Crippen LogP contribution in [0.3, 0.4) is 0 Å². The quantitative estimate of drug-likeness (QED) is 0.223. The highest BCUT2D eigenvalue weighted by Crippen LogP contribution is 2.45. The monoisotopic (exact) mass is 596 g/mol. The number of carboxylic acid groups (broad SMARTS) is 1. The molecule has 2 N–H and O–H groups in total. The first-order chi connectivity index (χ1) is 19.8. The standard InChI is InChI=1S/C28H35N2O4P.C5H12.C2H6/c1-4-11-28(27(32)33)12-14-30(15-13-28)18-20-5-7-21(8-6-20)25-29-34-26(35-25)23-10-9-22(16-19(2)3)24(31)17-23;1-5(2,3)4;1-2/h4-10,17,19,26,31,35H,1,11-16,18H2,2-3H3,(H,32,33);1-4H3;1-2H3. The average molecular weight is 597 g/mol. The summed E-state index contributed by atoms with van der Waals surface area (Å²) in [6.45, 7) is 23.1. The van der Waals surface area contributed by atoms with E-state index in [1.165, 1.54) is 5.56 Å². The van der Waals surface area contributed by atoms with Crippen LogP contribution >= 0.6 is 8.58 Å². The van der Waals surface area contributed by atoms with E-state index in [1.807, 2.05) is 32.0 Å². The first kappa shape index (κ1) is 35.5. The minimum absolute atomic E-state index is 0.165. The molecule has 2 aromatic carbocycles. The van der Waals surface area contributed by atoms with Crippen molar-refractivity contribution in [2.24, 2.45) is 21.9 Å². The van der Waals surface area contributed by atoms with E-state index in [0.717, 1.165) is 48.2 Å². The van der Waals surface area contributed by atoms with Crippen LogP contribution in [0.25, 0.3) is 0 Å². The summed E-state index contributed by atoms with van der Waals surface area (Å²) >= 11 is 0. The fraction of sp³-hybridized carbons (Fsp3) is 0.543. The highest BCUT2D eigenvalue weighted by Gasteiger charge is 2.40. The predicted molar refractivity (Wildman–Crippen MR) is 178 cm³/mol. The summed E-state index contributed by atoms with van der Waals surface area (Å²) in [5.74, 6) is -0.0613. The fourth-order valence-corrected chi connectivity index (χ4v) is 6.00. The van der Waals surface area contributed by atoms with Crippen molar-refractivity contribution in [3.05, 3.63) is 77.4 Å². The van der Waals surface area contributed by atoms with Crippen LogP contribution in [0.4, 0.5) is 0 Å². The Balaban J connectivity index is 0.000000797. The third-order valence-electron chi connectivity index (χ3n) is 6.99. The number of aromatic hydroxyl groups is 1. The van der Waals surface area contributed by atoms with E-state index in [2.05, 4.69) is 82.4 Å². The number of carboxylic acids is 1. The summed E-state index contributed by atoms with van der Waals surface area (Å²) in [5, 5.41) is 24.4. The summed E-state index contributed by atoms with van der Waals surface area (Å²) in [6, 6.07) is 14.2. The van der Waals surface area contributed by atoms with Gasteiger partial charge in [0.25, 0.3) is 0 Å². The molecule has 0 radical (unpaired) electrons. The molecule has 0 bridgehead atoms. The van der Waals surface area contributed by atoms with Gasteiger partial charge in [-0.15, -0.1) is 6.58 Å². The number of nitrogens with zero attached hydrogens (tertiary/aromatic N) is 2. The first-order valence-corrected chi connectivity index (χ1v) is 16.4. The third-order valence-corrected chi connectivity index (χ3v) is 8.35. The van der Waals surface area contributed by atoms with E-state index in [1.54, 1.807) is 6.08 Å². The lowest BCUT2D eigenvalue weighted by Crippen LogP contribution is -2.43. The number of carbonyl (C=O) groups is 1. The maximum absolute atomic E-state index is 11.8. The van der Waals surface area contributed by atoms with E-state index in [4.69, 9.17) is 4.84 Å². The van der Waals surface area contributed by atoms with Crippen LogP contribution in [-0.4, -0.2) is 39.6 Å². The molecule has 0 aromatic heterocycles. The Kier molecular flexibility index (Phi) is 13.7. The van der Waals surface area contributed by atoms with Gasteiger partial charge in [-0.3, -0.25) is 9.69 Å². The van der Waals surface area contributed by atoms with Gasteiger partial charge in [-0.05, 0) is 75.9 Å². The summed E-state index contributed by atoms with van der Waals surface area (Å²) < 4.78 is 0. The minimum Gasteiger partial charge on any atom is -0.508 e. The first-order valence-electron chi connectivity index (χ1n) is 15.3. The zero-order valence-corrected chi connectivity index (χ0v) is 28.0. The second-order valence-electron chi connectivity index (χ2n) is 13.1. The number of piperidine rings is 1. The van der Waals surface area contributed by atoms with Crippen LogP contribution < -0.4 is 0 Å². The largest absolute Gasteiger partial charge is 0.508 e. The van der Waals surface area contributed by atoms with Crippen molar-refractivity contribution >= 4 is 20.0 Å². The molecule has 7 heteroatoms. The molecule has 0 amide bonds. The van der Waals surface area contributed by atoms with Gasteiger partial charge in [-0.1, -0.05) is 103 Å². The zero-order valence-electron chi connectivity index (χ0n) is 27.0. The molecule has 4 rings (SSSR count). The number of hydrogen-bond acceptors (Lipinski definition) is 5. The maximum Gasteiger partial charge on any atom is 0.310 e. The Hall–Kier alpha value is -2.69. The van der Waals surface area contributed by atoms with Crippen LogP contribution in [0.1, 0.15) is 103 Å². The molecular formula is C35H53N2O4P. The number of benzene rings is 2. The Morgan fingerprint density at radius 3 is 2.24 bits per heavy atom. The van der Waals surface area contributed by atoms with Gasteiger partial charge in [0.1, 0.15) is 11.2 Å². The van der Waals surface area contributed by atoms with E-state index < -0.39 is 11.4 Å². The molecule has 2 atom stereocenters. The van der Waals surface area contributed by atoms with Crippen molar-refractivity contribution in [1.29, 1.82) is 0 Å². The maximum atomic E-state index is 11.8. The van der Waals surface area contributed by atoms with Crippen LogP contribution in [0.15, 0.2) is 60.3 Å². The fourth-order valence-electron chi connectivity index (χ4n) is 4.87. The van der Waals surface area contributed by atoms with Gasteiger partial charge in [-0.2, -0.15) is 0 Å². The number of likely N-dealkylation sites (tertiary alicyclic amines) is 1. The molecule has 2 aliphatic heterocycles. The lowest BCUT2D eigenvalue weighted by Gasteiger charge is -2.38. The minimum atomic E-state index is -0.707. The summed E-state index contributed by atoms with van der Waals surface area (Å²) in [6.07, 6.45) is 4.40. The van der Waals surface area contributed by atoms with E-state index in [0.29, 0.717) is 44.9 Å². The van der Waals surface area contributed by atoms with E-state index in [9.17, 15) is 15.0 Å². The van der Waals surface area contributed by atoms with Crippen LogP contribution in [-0.2, 0) is 22.6 Å². The van der Waals surface area contributed by atoms with E-state index >= 15 is 0 Å². The Morgan fingerprint density at radius 1 is 1.14 bits per heavy atom. The normalized spacial score (nSPS) is 18.7. The van der Waals surface area contributed by atoms with Gasteiger partial charge in [-0.25, -0.2) is 0 Å². The van der Waals surface area contributed by atoms with Crippen molar-refractivity contribution < 1.29 is 19.8 Å². The van der Waals surface area contributed by atoms with Crippen LogP contribution in [0.2, 0.25) is 0 Å². The summed E-state index contributed by atoms with van der Waals surface area (Å²) in [5.41, 5.74) is 4.93. The molecule has 0 aliphatic carbocycles. The molecule has 1 saturated heterocycles. The third kappa shape index (κ3) is 10.9. The van der Waals surface area contributed by atoms with Gasteiger partial charge >= 0.3 is 5.97 Å². The number of allylic oxidation sites excluding steroid dienone is 1. The Labute approximate surface area is 256 Å². The predicted octanol–water partition coefficient (Wildman–Crippen LogP) is 8.98. The lowest BCUT2D eigenvalue weighted by atomic mass is 9.75. The average Bonchev–Trinajstić information content (AvgIpc) is 3.42. The summed E-state index contributed by atoms with van der Waals surface area (Å²) in [4.78, 5) is 19.8. The molecule has 0 saturated carbocycles. The zero-order chi connectivity index (χ0) is 31.5. The molecule has 0 spiro atoms. The van der Waals surface area contributed by atoms with Crippen molar-refractivity contribution in [1.82, 2.24) is 4.90 Å². The van der Waals surface area contributed by atoms with Gasteiger partial charge in [0.05, 0.1) is 5.41 Å². The molecule has 1 fully saturated rings. The number of aliphatic carboxylic acids is 1. The van der Waals surface area contributed by atoms with Crippen LogP contribution in [0, 0.1) is 16.7 Å². The Bertz CT molecular complexity index is 1170. The number of phenolic OH excluding ortho intramolecular Hbond substituents is 1. The molecule has 232 valence electrons. The van der Waals surface area contributed by atoms with Crippen LogP contribution in [0.5, 0.6) is 5.75 Å². The molecule has 2 heterocycles. The molecule has 2 aliphatic rings. The lowest BCUT2D eigenvalue weighted by molar-refractivity contribution is -0.152. The number of phenols is 1. The number of oxime groups is 1. The van der Waals surface area contributed by atoms with Crippen molar-refractivity contribution in [3.8, 4) is 5.75 Å². The smallest absolute Gasteiger partial charge is 0.310 e. The van der Waals surface area contributed by atoms with Gasteiger partial charge in [0.2, 0.25) is 0 Å². The van der Waals surface area contributed by atoms with Crippen molar-refractivity contribution in [2.45, 2.75) is 93.5 Å². The van der Waals surface area contributed by atoms with Gasteiger partial charge in [0, 0.05) is 17.7 Å². The molecule has 6 nitrogen and oxygen atoms in total. The molecule has 2 aromatic rings.